The molecule has 0 atom stereocenters. The zero-order chi connectivity index (χ0) is 19.2. The van der Waals surface area contributed by atoms with Crippen LogP contribution in [0.25, 0.3) is 5.69 Å². The first-order valence-electron chi connectivity index (χ1n) is 7.88. The molecule has 0 spiro atoms. The molecule has 27 heavy (non-hydrogen) atoms. The molecule has 0 fully saturated rings. The molecule has 0 unspecified atom stereocenters. The molecule has 0 N–H and O–H groups in total. The highest BCUT2D eigenvalue weighted by Crippen LogP contribution is 2.27. The van der Waals surface area contributed by atoms with Crippen LogP contribution in [0.15, 0.2) is 48.8 Å². The third kappa shape index (κ3) is 4.09. The number of nitrogens with zero attached hydrogens (tertiary/aromatic N) is 4. The first kappa shape index (κ1) is 18.1. The lowest BCUT2D eigenvalue weighted by Crippen LogP contribution is -2.14. The topological polar surface area (TPSA) is 105 Å². The van der Waals surface area contributed by atoms with Crippen LogP contribution in [-0.2, 0) is 4.74 Å². The van der Waals surface area contributed by atoms with Crippen LogP contribution in [0.1, 0.15) is 20.7 Å². The van der Waals surface area contributed by atoms with E-state index in [9.17, 15) is 9.59 Å². The molecule has 0 amide bonds. The van der Waals surface area contributed by atoms with Gasteiger partial charge in [0, 0.05) is 5.56 Å². The second-order valence-electron chi connectivity index (χ2n) is 5.37. The third-order valence-corrected chi connectivity index (χ3v) is 3.76. The standard InChI is InChI=1S/C18H16N4O5/c1-25-16-8-5-13(9-17(16)26-2)15(23)10-27-18(24)12-3-6-14(7-4-12)22-11-19-20-21-22/h3-9,11H,10H2,1-2H3. The molecule has 0 aliphatic heterocycles. The first-order valence-corrected chi connectivity index (χ1v) is 7.88. The van der Waals surface area contributed by atoms with Gasteiger partial charge in [-0.05, 0) is 52.9 Å². The van der Waals surface area contributed by atoms with Crippen LogP contribution in [0.5, 0.6) is 11.5 Å². The maximum atomic E-state index is 12.3. The number of esters is 1. The van der Waals surface area contributed by atoms with Gasteiger partial charge in [-0.3, -0.25) is 4.79 Å². The summed E-state index contributed by atoms with van der Waals surface area (Å²) in [5, 5.41) is 10.8. The fraction of sp³-hybridized carbons (Fsp3) is 0.167. The first-order chi connectivity index (χ1) is 13.1. The lowest BCUT2D eigenvalue weighted by molar-refractivity contribution is 0.0474. The number of benzene rings is 2. The van der Waals surface area contributed by atoms with Gasteiger partial charge in [0.05, 0.1) is 25.5 Å². The van der Waals surface area contributed by atoms with Gasteiger partial charge in [-0.2, -0.15) is 0 Å². The van der Waals surface area contributed by atoms with E-state index in [0.717, 1.165) is 0 Å². The molecule has 2 aromatic carbocycles. The molecule has 9 heteroatoms. The van der Waals surface area contributed by atoms with E-state index < -0.39 is 5.97 Å². The van der Waals surface area contributed by atoms with Crippen LogP contribution >= 0.6 is 0 Å². The highest BCUT2D eigenvalue weighted by atomic mass is 16.5. The Hall–Kier alpha value is -3.75. The van der Waals surface area contributed by atoms with Crippen LogP contribution < -0.4 is 9.47 Å². The summed E-state index contributed by atoms with van der Waals surface area (Å²) in [6.07, 6.45) is 1.44. The van der Waals surface area contributed by atoms with Gasteiger partial charge >= 0.3 is 5.97 Å². The molecule has 3 rings (SSSR count). The fourth-order valence-corrected chi connectivity index (χ4v) is 2.34. The van der Waals surface area contributed by atoms with Gasteiger partial charge in [-0.15, -0.1) is 5.10 Å². The Labute approximate surface area is 154 Å². The normalized spacial score (nSPS) is 10.3. The lowest BCUT2D eigenvalue weighted by Gasteiger charge is -2.09. The van der Waals surface area contributed by atoms with E-state index in [2.05, 4.69) is 15.5 Å². The van der Waals surface area contributed by atoms with Gasteiger partial charge in [0.2, 0.25) is 0 Å². The van der Waals surface area contributed by atoms with Crippen molar-refractivity contribution in [1.82, 2.24) is 20.2 Å². The number of hydrogen-bond acceptors (Lipinski definition) is 8. The van der Waals surface area contributed by atoms with Crippen molar-refractivity contribution >= 4 is 11.8 Å². The minimum Gasteiger partial charge on any atom is -0.493 e. The predicted octanol–water partition coefficient (Wildman–Crippen LogP) is 1.72. The van der Waals surface area contributed by atoms with Gasteiger partial charge in [0.15, 0.2) is 23.9 Å². The number of ketones is 1. The number of methoxy groups -OCH3 is 2. The summed E-state index contributed by atoms with van der Waals surface area (Å²) < 4.78 is 16.8. The van der Waals surface area contributed by atoms with Gasteiger partial charge < -0.3 is 14.2 Å². The molecule has 1 heterocycles. The van der Waals surface area contributed by atoms with Gasteiger partial charge in [-0.1, -0.05) is 0 Å². The van der Waals surface area contributed by atoms with Crippen molar-refractivity contribution in [2.75, 3.05) is 20.8 Å². The van der Waals surface area contributed by atoms with E-state index in [1.54, 1.807) is 36.4 Å². The molecule has 0 aliphatic carbocycles. The molecular formula is C18H16N4O5. The predicted molar refractivity (Wildman–Crippen MR) is 93.3 cm³/mol. The van der Waals surface area contributed by atoms with Crippen molar-refractivity contribution < 1.29 is 23.8 Å². The summed E-state index contributed by atoms with van der Waals surface area (Å²) in [6.45, 7) is -0.386. The third-order valence-electron chi connectivity index (χ3n) is 3.76. The minimum absolute atomic E-state index is 0.312. The smallest absolute Gasteiger partial charge is 0.338 e. The summed E-state index contributed by atoms with van der Waals surface area (Å²) in [5.74, 6) is -0.0247. The number of ether oxygens (including phenoxy) is 3. The van der Waals surface area contributed by atoms with Crippen LogP contribution in [0.3, 0.4) is 0 Å². The number of carbonyl (C=O) groups is 2. The van der Waals surface area contributed by atoms with E-state index >= 15 is 0 Å². The number of carbonyl (C=O) groups excluding carboxylic acids is 2. The summed E-state index contributed by atoms with van der Waals surface area (Å²) >= 11 is 0. The molecule has 0 saturated carbocycles. The average molecular weight is 368 g/mol. The second kappa shape index (κ2) is 8.09. The largest absolute Gasteiger partial charge is 0.493 e. The van der Waals surface area contributed by atoms with Crippen LogP contribution in [-0.4, -0.2) is 52.8 Å². The van der Waals surface area contributed by atoms with Gasteiger partial charge in [0.25, 0.3) is 0 Å². The van der Waals surface area contributed by atoms with Crippen molar-refractivity contribution in [2.45, 2.75) is 0 Å². The molecular weight excluding hydrogens is 352 g/mol. The average Bonchev–Trinajstić information content (AvgIpc) is 3.26. The molecule has 3 aromatic rings. The Morgan fingerprint density at radius 1 is 0.963 bits per heavy atom. The SMILES string of the molecule is COc1ccc(C(=O)COC(=O)c2ccc(-n3cnnn3)cc2)cc1OC. The van der Waals surface area contributed by atoms with Crippen LogP contribution in [0, 0.1) is 0 Å². The molecule has 0 bridgehead atoms. The lowest BCUT2D eigenvalue weighted by atomic mass is 10.1. The Kier molecular flexibility index (Phi) is 5.41. The van der Waals surface area contributed by atoms with Crippen molar-refractivity contribution in [1.29, 1.82) is 0 Å². The molecule has 0 radical (unpaired) electrons. The van der Waals surface area contributed by atoms with E-state index in [4.69, 9.17) is 14.2 Å². The summed E-state index contributed by atoms with van der Waals surface area (Å²) in [5.41, 5.74) is 1.36. The maximum absolute atomic E-state index is 12.3. The van der Waals surface area contributed by atoms with E-state index in [0.29, 0.717) is 28.3 Å². The van der Waals surface area contributed by atoms with Crippen molar-refractivity contribution in [3.05, 3.63) is 59.9 Å². The van der Waals surface area contributed by atoms with Crippen LogP contribution in [0.4, 0.5) is 0 Å². The summed E-state index contributed by atoms with van der Waals surface area (Å²) in [6, 6.07) is 11.2. The fourth-order valence-electron chi connectivity index (χ4n) is 2.34. The van der Waals surface area contributed by atoms with E-state index in [-0.39, 0.29) is 12.4 Å². The number of aromatic nitrogens is 4. The summed E-state index contributed by atoms with van der Waals surface area (Å²) in [7, 11) is 2.98. The highest BCUT2D eigenvalue weighted by Gasteiger charge is 2.14. The van der Waals surface area contributed by atoms with E-state index in [1.807, 2.05) is 0 Å². The number of Topliss-reactive ketones (excluding diaryl/α,β-unsaturated/α-hetero) is 1. The Bertz CT molecular complexity index is 939. The number of rotatable bonds is 7. The zero-order valence-electron chi connectivity index (χ0n) is 14.7. The van der Waals surface area contributed by atoms with Crippen molar-refractivity contribution in [2.24, 2.45) is 0 Å². The molecule has 1 aromatic heterocycles. The Morgan fingerprint density at radius 3 is 2.30 bits per heavy atom. The number of hydrogen-bond donors (Lipinski definition) is 0. The maximum Gasteiger partial charge on any atom is 0.338 e. The van der Waals surface area contributed by atoms with Crippen molar-refractivity contribution in [3.8, 4) is 17.2 Å². The summed E-state index contributed by atoms with van der Waals surface area (Å²) in [4.78, 5) is 24.4. The minimum atomic E-state index is -0.605. The van der Waals surface area contributed by atoms with Gasteiger partial charge in [-0.25, -0.2) is 9.48 Å². The number of tetrazole rings is 1. The zero-order valence-corrected chi connectivity index (χ0v) is 14.7. The molecule has 0 aliphatic rings. The Balaban J connectivity index is 1.62. The molecule has 0 saturated heterocycles. The molecule has 138 valence electrons. The van der Waals surface area contributed by atoms with E-state index in [1.165, 1.54) is 31.3 Å². The van der Waals surface area contributed by atoms with Gasteiger partial charge in [0.1, 0.15) is 6.33 Å². The Morgan fingerprint density at radius 2 is 1.67 bits per heavy atom. The quantitative estimate of drug-likeness (QED) is 0.458. The van der Waals surface area contributed by atoms with Crippen molar-refractivity contribution in [3.63, 3.8) is 0 Å². The highest BCUT2D eigenvalue weighted by molar-refractivity contribution is 5.99. The van der Waals surface area contributed by atoms with Crippen LogP contribution in [0.2, 0.25) is 0 Å². The monoisotopic (exact) mass is 368 g/mol. The molecule has 9 nitrogen and oxygen atoms in total. The second-order valence-corrected chi connectivity index (χ2v) is 5.37.